The van der Waals surface area contributed by atoms with Crippen LogP contribution in [0.15, 0.2) is 47.4 Å². The molecule has 0 spiro atoms. The van der Waals surface area contributed by atoms with E-state index in [0.29, 0.717) is 13.0 Å². The van der Waals surface area contributed by atoms with E-state index in [-0.39, 0.29) is 23.3 Å². The molecule has 0 N–H and O–H groups in total. The first-order valence-electron chi connectivity index (χ1n) is 9.44. The number of hydrogen-bond acceptors (Lipinski definition) is 4. The number of hydrogen-bond donors (Lipinski definition) is 0. The van der Waals surface area contributed by atoms with Crippen LogP contribution in [-0.4, -0.2) is 39.3 Å². The van der Waals surface area contributed by atoms with Crippen LogP contribution in [0.1, 0.15) is 24.0 Å². The largest absolute Gasteiger partial charge is 0.497 e. The maximum Gasteiger partial charge on any atom is 0.243 e. The van der Waals surface area contributed by atoms with Gasteiger partial charge in [-0.3, -0.25) is 4.79 Å². The predicted molar refractivity (Wildman–Crippen MR) is 107 cm³/mol. The first-order valence-corrected chi connectivity index (χ1v) is 10.9. The van der Waals surface area contributed by atoms with E-state index in [1.807, 2.05) is 29.2 Å². The topological polar surface area (TPSA) is 66.9 Å². The molecule has 1 heterocycles. The van der Waals surface area contributed by atoms with Crippen molar-refractivity contribution in [3.8, 4) is 5.75 Å². The Morgan fingerprint density at radius 1 is 1.18 bits per heavy atom. The Balaban J connectivity index is 1.53. The van der Waals surface area contributed by atoms with Crippen molar-refractivity contribution in [1.82, 2.24) is 4.31 Å². The van der Waals surface area contributed by atoms with Crippen molar-refractivity contribution in [3.63, 3.8) is 0 Å². The Morgan fingerprint density at radius 2 is 1.89 bits per heavy atom. The third-order valence-corrected chi connectivity index (χ3v) is 7.21. The number of amides is 1. The summed E-state index contributed by atoms with van der Waals surface area (Å²) in [5.41, 5.74) is 2.66. The number of anilines is 1. The van der Waals surface area contributed by atoms with Crippen LogP contribution in [0.3, 0.4) is 0 Å². The molecule has 2 aliphatic rings. The number of sulfonamides is 1. The van der Waals surface area contributed by atoms with Crippen molar-refractivity contribution in [2.45, 2.75) is 30.7 Å². The van der Waals surface area contributed by atoms with Crippen molar-refractivity contribution in [2.24, 2.45) is 5.92 Å². The normalized spacial score (nSPS) is 16.3. The highest BCUT2D eigenvalue weighted by molar-refractivity contribution is 7.89. The lowest BCUT2D eigenvalue weighted by atomic mass is 10.2. The highest BCUT2D eigenvalue weighted by Gasteiger charge is 2.37. The van der Waals surface area contributed by atoms with Gasteiger partial charge in [-0.2, -0.15) is 4.31 Å². The molecular weight excluding hydrogens is 376 g/mol. The molecule has 0 atom stereocenters. The molecule has 0 unspecified atom stereocenters. The summed E-state index contributed by atoms with van der Waals surface area (Å²) in [5.74, 6) is 1.06. The highest BCUT2D eigenvalue weighted by Crippen LogP contribution is 2.37. The Labute approximate surface area is 165 Å². The van der Waals surface area contributed by atoms with Gasteiger partial charge in [0.2, 0.25) is 15.9 Å². The van der Waals surface area contributed by atoms with Gasteiger partial charge in [-0.25, -0.2) is 8.42 Å². The summed E-state index contributed by atoms with van der Waals surface area (Å²) in [6.07, 6.45) is 2.62. The third kappa shape index (κ3) is 3.52. The first kappa shape index (κ1) is 19.0. The molecule has 2 aromatic rings. The van der Waals surface area contributed by atoms with Crippen LogP contribution >= 0.6 is 0 Å². The summed E-state index contributed by atoms with van der Waals surface area (Å²) < 4.78 is 32.5. The summed E-state index contributed by atoms with van der Waals surface area (Å²) in [5, 5.41) is 0. The minimum Gasteiger partial charge on any atom is -0.497 e. The summed E-state index contributed by atoms with van der Waals surface area (Å²) in [7, 11) is -0.442. The molecular formula is C21H24N2O4S. The number of carbonyl (C=O) groups excluding carboxylic acids is 1. The van der Waals surface area contributed by atoms with Gasteiger partial charge in [-0.1, -0.05) is 12.1 Å². The minimum atomic E-state index is -3.62. The molecule has 28 heavy (non-hydrogen) atoms. The molecule has 1 fully saturated rings. The summed E-state index contributed by atoms with van der Waals surface area (Å²) in [6.45, 7) is 0.908. The molecule has 4 rings (SSSR count). The fourth-order valence-electron chi connectivity index (χ4n) is 3.57. The van der Waals surface area contributed by atoms with Gasteiger partial charge in [0.25, 0.3) is 0 Å². The van der Waals surface area contributed by atoms with Crippen LogP contribution < -0.4 is 9.64 Å². The lowest BCUT2D eigenvalue weighted by molar-refractivity contribution is -0.119. The van der Waals surface area contributed by atoms with Crippen LogP contribution in [0, 0.1) is 5.92 Å². The Bertz CT molecular complexity index is 998. The Hall–Kier alpha value is -2.38. The monoisotopic (exact) mass is 400 g/mol. The standard InChI is InChI=1S/C21H24N2O4S/c1-22(14-15-3-7-18(27-2)8-4-15)28(25,26)19-9-10-20-17(13-19)11-12-23(20)21(24)16-5-6-16/h3-4,7-10,13,16H,5-6,11-12,14H2,1-2H3. The molecule has 0 saturated heterocycles. The summed E-state index contributed by atoms with van der Waals surface area (Å²) in [4.78, 5) is 14.5. The number of rotatable bonds is 6. The Kier molecular flexibility index (Phi) is 4.89. The van der Waals surface area contributed by atoms with E-state index in [0.717, 1.165) is 35.4 Å². The van der Waals surface area contributed by atoms with Crippen LogP contribution in [0.5, 0.6) is 5.75 Å². The second-order valence-corrected chi connectivity index (χ2v) is 9.46. The van der Waals surface area contributed by atoms with E-state index in [2.05, 4.69) is 0 Å². The molecule has 1 aliphatic carbocycles. The average molecular weight is 401 g/mol. The van der Waals surface area contributed by atoms with E-state index >= 15 is 0 Å². The lowest BCUT2D eigenvalue weighted by Gasteiger charge is -2.19. The van der Waals surface area contributed by atoms with Crippen LogP contribution in [0.4, 0.5) is 5.69 Å². The number of benzene rings is 2. The first-order chi connectivity index (χ1) is 13.4. The summed E-state index contributed by atoms with van der Waals surface area (Å²) in [6, 6.07) is 12.4. The quantitative estimate of drug-likeness (QED) is 0.748. The highest BCUT2D eigenvalue weighted by atomic mass is 32.2. The second-order valence-electron chi connectivity index (χ2n) is 7.41. The number of methoxy groups -OCH3 is 1. The van der Waals surface area contributed by atoms with Gasteiger partial charge in [0.15, 0.2) is 0 Å². The van der Waals surface area contributed by atoms with Gasteiger partial charge in [0.1, 0.15) is 5.75 Å². The minimum absolute atomic E-state index is 0.157. The number of fused-ring (bicyclic) bond motifs is 1. The molecule has 0 bridgehead atoms. The van der Waals surface area contributed by atoms with E-state index in [1.54, 1.807) is 32.4 Å². The van der Waals surface area contributed by atoms with Gasteiger partial charge < -0.3 is 9.64 Å². The number of nitrogens with zero attached hydrogens (tertiary/aromatic N) is 2. The number of ether oxygens (including phenoxy) is 1. The lowest BCUT2D eigenvalue weighted by Crippen LogP contribution is -2.30. The zero-order chi connectivity index (χ0) is 19.9. The van der Waals surface area contributed by atoms with Crippen molar-refractivity contribution >= 4 is 21.6 Å². The fourth-order valence-corrected chi connectivity index (χ4v) is 4.78. The number of carbonyl (C=O) groups is 1. The van der Waals surface area contributed by atoms with Crippen LogP contribution in [0.2, 0.25) is 0 Å². The van der Waals surface area contributed by atoms with Crippen molar-refractivity contribution in [1.29, 1.82) is 0 Å². The molecule has 1 aliphatic heterocycles. The molecule has 1 saturated carbocycles. The summed E-state index contributed by atoms with van der Waals surface area (Å²) >= 11 is 0. The SMILES string of the molecule is COc1ccc(CN(C)S(=O)(=O)c2ccc3c(c2)CCN3C(=O)C2CC2)cc1. The van der Waals surface area contributed by atoms with Crippen molar-refractivity contribution in [3.05, 3.63) is 53.6 Å². The van der Waals surface area contributed by atoms with Gasteiger partial charge in [-0.15, -0.1) is 0 Å². The zero-order valence-corrected chi connectivity index (χ0v) is 16.9. The molecule has 148 valence electrons. The zero-order valence-electron chi connectivity index (χ0n) is 16.1. The van der Waals surface area contributed by atoms with E-state index in [4.69, 9.17) is 4.74 Å². The molecule has 1 amide bonds. The third-order valence-electron chi connectivity index (χ3n) is 5.41. The maximum absolute atomic E-state index is 13.0. The molecule has 2 aromatic carbocycles. The van der Waals surface area contributed by atoms with Crippen molar-refractivity contribution < 1.29 is 17.9 Å². The van der Waals surface area contributed by atoms with E-state index in [1.165, 1.54) is 4.31 Å². The van der Waals surface area contributed by atoms with Crippen LogP contribution in [0.25, 0.3) is 0 Å². The van der Waals surface area contributed by atoms with Crippen molar-refractivity contribution in [2.75, 3.05) is 25.6 Å². The second kappa shape index (κ2) is 7.22. The van der Waals surface area contributed by atoms with Gasteiger partial charge in [0.05, 0.1) is 12.0 Å². The van der Waals surface area contributed by atoms with Gasteiger partial charge >= 0.3 is 0 Å². The van der Waals surface area contributed by atoms with E-state index < -0.39 is 10.0 Å². The van der Waals surface area contributed by atoms with Crippen LogP contribution in [-0.2, 0) is 27.8 Å². The smallest absolute Gasteiger partial charge is 0.243 e. The molecule has 0 aromatic heterocycles. The molecule has 0 radical (unpaired) electrons. The van der Waals surface area contributed by atoms with Gasteiger partial charge in [0, 0.05) is 31.7 Å². The van der Waals surface area contributed by atoms with E-state index in [9.17, 15) is 13.2 Å². The Morgan fingerprint density at radius 3 is 2.54 bits per heavy atom. The maximum atomic E-state index is 13.0. The average Bonchev–Trinajstić information content (AvgIpc) is 3.47. The van der Waals surface area contributed by atoms with Gasteiger partial charge in [-0.05, 0) is 60.7 Å². The molecule has 7 heteroatoms. The molecule has 6 nitrogen and oxygen atoms in total. The fraction of sp³-hybridized carbons (Fsp3) is 0.381. The predicted octanol–water partition coefficient (Wildman–Crippen LogP) is 2.82.